The first-order valence-corrected chi connectivity index (χ1v) is 22.2. The molecule has 1 aliphatic carbocycles. The highest BCUT2D eigenvalue weighted by molar-refractivity contribution is 15.0. The molecule has 1 amide bonds. The molecule has 1 aromatic heterocycles. The van der Waals surface area contributed by atoms with Gasteiger partial charge in [0, 0.05) is 43.3 Å². The summed E-state index contributed by atoms with van der Waals surface area (Å²) in [7, 11) is 0. The highest BCUT2D eigenvalue weighted by Gasteiger charge is 2.38. The number of aliphatic carboxylic acids is 1. The Morgan fingerprint density at radius 3 is 2.13 bits per heavy atom. The topological polar surface area (TPSA) is 102 Å². The maximum atomic E-state index is 14.0. The molecule has 17 heteroatoms. The monoisotopic (exact) mass is 963 g/mol. The Bertz CT molecular complexity index is 1880. The summed E-state index contributed by atoms with van der Waals surface area (Å²) in [5.41, 5.74) is -0.641. The van der Waals surface area contributed by atoms with Crippen LogP contribution in [0, 0.1) is 5.82 Å². The minimum atomic E-state index is -5.08. The van der Waals surface area contributed by atoms with Crippen molar-refractivity contribution in [1.29, 1.82) is 0 Å². The van der Waals surface area contributed by atoms with E-state index in [2.05, 4.69) is 37.2 Å². The lowest BCUT2D eigenvalue weighted by Crippen LogP contribution is -2.45. The van der Waals surface area contributed by atoms with Gasteiger partial charge in [0.15, 0.2) is 0 Å². The quantitative estimate of drug-likeness (QED) is 0.140. The van der Waals surface area contributed by atoms with E-state index in [1.807, 2.05) is 6.92 Å². The molecule has 1 atom stereocenters. The molecule has 1 saturated carbocycles. The first kappa shape index (κ1) is 42.9. The van der Waals surface area contributed by atoms with Crippen molar-refractivity contribution in [3.8, 4) is 11.4 Å². The SMILES string of the molecule is CCOc1ccc(-n2c([C@@H](C)N(C(=O)Cc3ccc(F)c(C(F)(F)F)c3)C3CCCCC3)nc3ccccc3c2=O)cc1.II.O=C(O)C(F)(F)F. The lowest BCUT2D eigenvalue weighted by Gasteiger charge is -2.39. The molecule has 1 heterocycles. The van der Waals surface area contributed by atoms with Gasteiger partial charge in [-0.15, -0.1) is 0 Å². The zero-order valence-electron chi connectivity index (χ0n) is 27.8. The molecule has 4 aromatic rings. The molecule has 1 N–H and O–H groups in total. The fourth-order valence-electron chi connectivity index (χ4n) is 5.92. The number of benzene rings is 3. The standard InChI is InChI=1S/C33H33F4N3O3.C2HF3O2.I2/c1-3-43-25-16-14-24(15-17-25)40-31(38-29-12-8-7-11-26(29)32(40)42)21(2)39(23-9-5-4-6-10-23)30(41)20-22-13-18-28(34)27(19-22)33(35,36)37;3-2(4,5)1(6)7;1-2/h7-8,11-19,21,23H,3-6,9-10,20H2,1-2H3;(H,6,7);/t21-;;/m1../s1. The number of fused-ring (bicyclic) bond motifs is 1. The average molecular weight is 963 g/mol. The molecule has 282 valence electrons. The number of amides is 1. The van der Waals surface area contributed by atoms with Crippen molar-refractivity contribution in [2.24, 2.45) is 0 Å². The summed E-state index contributed by atoms with van der Waals surface area (Å²) in [5, 5.41) is 7.54. The number of carboxylic acid groups (broad SMARTS) is 1. The van der Waals surface area contributed by atoms with Crippen LogP contribution in [-0.2, 0) is 22.2 Å². The second-order valence-corrected chi connectivity index (χ2v) is 11.6. The largest absolute Gasteiger partial charge is 0.494 e. The number of carbonyl (C=O) groups excluding carboxylic acids is 1. The third-order valence-corrected chi connectivity index (χ3v) is 8.19. The van der Waals surface area contributed by atoms with Crippen molar-refractivity contribution in [2.45, 2.75) is 76.8 Å². The van der Waals surface area contributed by atoms with Crippen molar-refractivity contribution >= 4 is 60.0 Å². The van der Waals surface area contributed by atoms with Crippen LogP contribution in [0.2, 0.25) is 0 Å². The molecule has 5 rings (SSSR count). The van der Waals surface area contributed by atoms with Crippen molar-refractivity contribution in [1.82, 2.24) is 14.5 Å². The van der Waals surface area contributed by atoms with E-state index >= 15 is 0 Å². The van der Waals surface area contributed by atoms with Gasteiger partial charge in [-0.1, -0.05) is 37.5 Å². The Balaban J connectivity index is 0.000000726. The van der Waals surface area contributed by atoms with E-state index in [0.717, 1.165) is 25.3 Å². The van der Waals surface area contributed by atoms with Crippen molar-refractivity contribution in [3.63, 3.8) is 0 Å². The molecule has 0 bridgehead atoms. The van der Waals surface area contributed by atoms with Crippen molar-refractivity contribution in [3.05, 3.63) is 99.9 Å². The Morgan fingerprint density at radius 2 is 1.58 bits per heavy atom. The Labute approximate surface area is 317 Å². The number of carboxylic acids is 1. The molecule has 3 aromatic carbocycles. The van der Waals surface area contributed by atoms with Gasteiger partial charge in [-0.2, -0.15) is 26.3 Å². The smallest absolute Gasteiger partial charge is 0.490 e. The van der Waals surface area contributed by atoms with Gasteiger partial charge in [-0.05, 0) is 80.8 Å². The van der Waals surface area contributed by atoms with Crippen LogP contribution < -0.4 is 10.3 Å². The number of halogens is 9. The molecule has 0 saturated heterocycles. The van der Waals surface area contributed by atoms with Gasteiger partial charge in [-0.3, -0.25) is 14.2 Å². The van der Waals surface area contributed by atoms with E-state index in [1.54, 1.807) is 60.4 Å². The van der Waals surface area contributed by atoms with Crippen LogP contribution in [0.15, 0.2) is 71.5 Å². The van der Waals surface area contributed by atoms with Crippen LogP contribution >= 0.6 is 37.2 Å². The van der Waals surface area contributed by atoms with Gasteiger partial charge in [-0.25, -0.2) is 14.2 Å². The van der Waals surface area contributed by atoms with Crippen LogP contribution in [0.25, 0.3) is 16.6 Å². The fraction of sp³-hybridized carbons (Fsp3) is 0.371. The first-order chi connectivity index (χ1) is 24.5. The van der Waals surface area contributed by atoms with Crippen LogP contribution in [0.4, 0.5) is 30.7 Å². The summed E-state index contributed by atoms with van der Waals surface area (Å²) in [6, 6.07) is 15.7. The molecule has 0 radical (unpaired) electrons. The van der Waals surface area contributed by atoms with Crippen molar-refractivity contribution in [2.75, 3.05) is 6.61 Å². The summed E-state index contributed by atoms with van der Waals surface area (Å²) < 4.78 is 93.0. The third-order valence-electron chi connectivity index (χ3n) is 8.19. The van der Waals surface area contributed by atoms with Gasteiger partial charge in [0.25, 0.3) is 5.56 Å². The first-order valence-electron chi connectivity index (χ1n) is 15.9. The zero-order chi connectivity index (χ0) is 38.8. The molecule has 0 aliphatic heterocycles. The Kier molecular flexibility index (Phi) is 15.7. The second kappa shape index (κ2) is 19.0. The zero-order valence-corrected chi connectivity index (χ0v) is 32.1. The second-order valence-electron chi connectivity index (χ2n) is 11.6. The third kappa shape index (κ3) is 11.0. The predicted octanol–water partition coefficient (Wildman–Crippen LogP) is 9.81. The van der Waals surface area contributed by atoms with Gasteiger partial charge < -0.3 is 14.7 Å². The lowest BCUT2D eigenvalue weighted by atomic mass is 9.92. The number of rotatable bonds is 8. The van der Waals surface area contributed by atoms with Crippen LogP contribution in [0.1, 0.15) is 68.9 Å². The summed E-state index contributed by atoms with van der Waals surface area (Å²) >= 11 is 4.24. The molecule has 1 aliphatic rings. The van der Waals surface area contributed by atoms with E-state index in [-0.39, 0.29) is 23.6 Å². The fourth-order valence-corrected chi connectivity index (χ4v) is 5.92. The number of alkyl halides is 6. The number of ether oxygens (including phenoxy) is 1. The van der Waals surface area contributed by atoms with Gasteiger partial charge in [0.05, 0.1) is 41.2 Å². The minimum absolute atomic E-state index is 0.0575. The minimum Gasteiger partial charge on any atom is -0.494 e. The van der Waals surface area contributed by atoms with Gasteiger partial charge in [0.1, 0.15) is 17.4 Å². The number of nitrogens with zero attached hydrogens (tertiary/aromatic N) is 3. The molecular weight excluding hydrogens is 929 g/mol. The number of aromatic nitrogens is 2. The summed E-state index contributed by atoms with van der Waals surface area (Å²) in [6.07, 6.45) is -6.08. The number of hydrogen-bond acceptors (Lipinski definition) is 5. The van der Waals surface area contributed by atoms with Crippen LogP contribution in [-0.4, -0.2) is 50.3 Å². The molecule has 0 spiro atoms. The predicted molar refractivity (Wildman–Crippen MR) is 197 cm³/mol. The molecule has 52 heavy (non-hydrogen) atoms. The number of carbonyl (C=O) groups is 2. The number of hydrogen-bond donors (Lipinski definition) is 1. The maximum Gasteiger partial charge on any atom is 0.490 e. The molecule has 0 unspecified atom stereocenters. The van der Waals surface area contributed by atoms with E-state index in [4.69, 9.17) is 19.6 Å². The van der Waals surface area contributed by atoms with E-state index in [1.165, 1.54) is 10.6 Å². The highest BCUT2D eigenvalue weighted by atomic mass is 128. The summed E-state index contributed by atoms with van der Waals surface area (Å²) in [5.74, 6) is -3.59. The van der Waals surface area contributed by atoms with Gasteiger partial charge >= 0.3 is 18.3 Å². The summed E-state index contributed by atoms with van der Waals surface area (Å²) in [4.78, 5) is 43.4. The summed E-state index contributed by atoms with van der Waals surface area (Å²) in [6.45, 7) is 4.15. The normalized spacial score (nSPS) is 14.0. The molecule has 1 fully saturated rings. The highest BCUT2D eigenvalue weighted by Crippen LogP contribution is 2.34. The van der Waals surface area contributed by atoms with Crippen molar-refractivity contribution < 1.29 is 50.2 Å². The lowest BCUT2D eigenvalue weighted by molar-refractivity contribution is -0.192. The Morgan fingerprint density at radius 1 is 0.981 bits per heavy atom. The van der Waals surface area contributed by atoms with Gasteiger partial charge in [0.2, 0.25) is 5.91 Å². The maximum absolute atomic E-state index is 14.0. The van der Waals surface area contributed by atoms with E-state index < -0.39 is 41.7 Å². The average Bonchev–Trinajstić information content (AvgIpc) is 3.10. The van der Waals surface area contributed by atoms with Crippen LogP contribution in [0.5, 0.6) is 5.75 Å². The van der Waals surface area contributed by atoms with E-state index in [0.29, 0.717) is 53.7 Å². The molecular formula is C35H34F7I2N3O5. The van der Waals surface area contributed by atoms with E-state index in [9.17, 15) is 40.3 Å². The Hall–Kier alpha value is -3.49. The number of para-hydroxylation sites is 1. The van der Waals surface area contributed by atoms with Crippen LogP contribution in [0.3, 0.4) is 0 Å². The molecule has 8 nitrogen and oxygen atoms in total.